The van der Waals surface area contributed by atoms with Gasteiger partial charge in [-0.25, -0.2) is 4.79 Å². The molecule has 0 aromatic carbocycles. The van der Waals surface area contributed by atoms with Gasteiger partial charge < -0.3 is 10.6 Å². The van der Waals surface area contributed by atoms with E-state index in [4.69, 9.17) is 0 Å². The molecule has 0 bridgehead atoms. The first-order valence-electron chi connectivity index (χ1n) is 5.18. The maximum absolute atomic E-state index is 11.3. The molecule has 0 saturated heterocycles. The SMILES string of the molecule is CC#CCNC(=O)NC[C@@H](C)c1cccs1. The van der Waals surface area contributed by atoms with Crippen LogP contribution >= 0.6 is 11.3 Å². The van der Waals surface area contributed by atoms with Crippen LogP contribution in [0.5, 0.6) is 0 Å². The molecule has 0 saturated carbocycles. The normalized spacial score (nSPS) is 11.1. The van der Waals surface area contributed by atoms with Gasteiger partial charge in [0.25, 0.3) is 0 Å². The third-order valence-corrected chi connectivity index (χ3v) is 3.22. The Morgan fingerprint density at radius 3 is 3.00 bits per heavy atom. The smallest absolute Gasteiger partial charge is 0.315 e. The Balaban J connectivity index is 2.23. The van der Waals surface area contributed by atoms with Crippen LogP contribution in [0.3, 0.4) is 0 Å². The van der Waals surface area contributed by atoms with E-state index in [-0.39, 0.29) is 6.03 Å². The number of thiophene rings is 1. The Bertz CT molecular complexity index is 375. The maximum Gasteiger partial charge on any atom is 0.315 e. The fraction of sp³-hybridized carbons (Fsp3) is 0.417. The van der Waals surface area contributed by atoms with Crippen LogP contribution in [0.4, 0.5) is 4.79 Å². The lowest BCUT2D eigenvalue weighted by Crippen LogP contribution is -2.37. The number of nitrogens with one attached hydrogen (secondary N) is 2. The van der Waals surface area contributed by atoms with Crippen LogP contribution in [0.2, 0.25) is 0 Å². The minimum absolute atomic E-state index is 0.161. The first-order chi connectivity index (χ1) is 7.74. The zero-order chi connectivity index (χ0) is 11.8. The summed E-state index contributed by atoms with van der Waals surface area (Å²) < 4.78 is 0. The minimum atomic E-state index is -0.161. The van der Waals surface area contributed by atoms with E-state index in [9.17, 15) is 4.79 Å². The van der Waals surface area contributed by atoms with Crippen LogP contribution in [-0.4, -0.2) is 19.1 Å². The minimum Gasteiger partial charge on any atom is -0.338 e. The van der Waals surface area contributed by atoms with Gasteiger partial charge in [-0.2, -0.15) is 0 Å². The summed E-state index contributed by atoms with van der Waals surface area (Å²) >= 11 is 1.71. The Morgan fingerprint density at radius 2 is 2.38 bits per heavy atom. The Hall–Kier alpha value is -1.47. The summed E-state index contributed by atoms with van der Waals surface area (Å²) in [5, 5.41) is 7.53. The lowest BCUT2D eigenvalue weighted by molar-refractivity contribution is 0.241. The van der Waals surface area contributed by atoms with Gasteiger partial charge >= 0.3 is 6.03 Å². The van der Waals surface area contributed by atoms with Gasteiger partial charge in [0.15, 0.2) is 0 Å². The highest BCUT2D eigenvalue weighted by molar-refractivity contribution is 7.10. The summed E-state index contributed by atoms with van der Waals surface area (Å²) in [6, 6.07) is 3.94. The van der Waals surface area contributed by atoms with Crippen molar-refractivity contribution in [3.63, 3.8) is 0 Å². The van der Waals surface area contributed by atoms with Gasteiger partial charge in [0, 0.05) is 17.3 Å². The summed E-state index contributed by atoms with van der Waals surface area (Å²) in [7, 11) is 0. The second-order valence-corrected chi connectivity index (χ2v) is 4.39. The maximum atomic E-state index is 11.3. The Kier molecular flexibility index (Phi) is 5.44. The molecular formula is C12H16N2OS. The van der Waals surface area contributed by atoms with Crippen molar-refractivity contribution in [3.05, 3.63) is 22.4 Å². The van der Waals surface area contributed by atoms with Gasteiger partial charge in [-0.1, -0.05) is 18.9 Å². The van der Waals surface area contributed by atoms with Gasteiger partial charge in [0.2, 0.25) is 0 Å². The van der Waals surface area contributed by atoms with E-state index in [2.05, 4.69) is 35.5 Å². The summed E-state index contributed by atoms with van der Waals surface area (Å²) in [6.45, 7) is 4.89. The third kappa shape index (κ3) is 4.37. The van der Waals surface area contributed by atoms with E-state index >= 15 is 0 Å². The van der Waals surface area contributed by atoms with Crippen molar-refractivity contribution in [1.82, 2.24) is 10.6 Å². The van der Waals surface area contributed by atoms with Crippen LogP contribution < -0.4 is 10.6 Å². The third-order valence-electron chi connectivity index (χ3n) is 2.11. The Labute approximate surface area is 100 Å². The predicted molar refractivity (Wildman–Crippen MR) is 67.6 cm³/mol. The van der Waals surface area contributed by atoms with Crippen molar-refractivity contribution in [2.75, 3.05) is 13.1 Å². The van der Waals surface area contributed by atoms with Crippen molar-refractivity contribution in [2.24, 2.45) is 0 Å². The number of carbonyl (C=O) groups is 1. The number of hydrogen-bond donors (Lipinski definition) is 2. The topological polar surface area (TPSA) is 41.1 Å². The number of rotatable bonds is 4. The van der Waals surface area contributed by atoms with Crippen LogP contribution in [0.15, 0.2) is 17.5 Å². The average molecular weight is 236 g/mol. The molecular weight excluding hydrogens is 220 g/mol. The van der Waals surface area contributed by atoms with E-state index in [1.807, 2.05) is 11.4 Å². The van der Waals surface area contributed by atoms with Gasteiger partial charge in [-0.3, -0.25) is 0 Å². The van der Waals surface area contributed by atoms with Gasteiger partial charge in [-0.05, 0) is 18.4 Å². The molecule has 0 fully saturated rings. The van der Waals surface area contributed by atoms with Crippen molar-refractivity contribution < 1.29 is 4.79 Å². The summed E-state index contributed by atoms with van der Waals surface area (Å²) in [4.78, 5) is 12.6. The van der Waals surface area contributed by atoms with Crippen LogP contribution in [0.25, 0.3) is 0 Å². The number of urea groups is 1. The van der Waals surface area contributed by atoms with Gasteiger partial charge in [-0.15, -0.1) is 17.3 Å². The highest BCUT2D eigenvalue weighted by Crippen LogP contribution is 2.19. The van der Waals surface area contributed by atoms with E-state index in [0.29, 0.717) is 19.0 Å². The van der Waals surface area contributed by atoms with Crippen LogP contribution in [-0.2, 0) is 0 Å². The molecule has 0 aliphatic carbocycles. The molecule has 0 aliphatic rings. The molecule has 16 heavy (non-hydrogen) atoms. The molecule has 1 rings (SSSR count). The fourth-order valence-electron chi connectivity index (χ4n) is 1.19. The molecule has 2 N–H and O–H groups in total. The van der Waals surface area contributed by atoms with E-state index in [0.717, 1.165) is 0 Å². The zero-order valence-corrected chi connectivity index (χ0v) is 10.4. The van der Waals surface area contributed by atoms with Gasteiger partial charge in [0.05, 0.1) is 6.54 Å². The second kappa shape index (κ2) is 6.91. The van der Waals surface area contributed by atoms with Crippen molar-refractivity contribution >= 4 is 17.4 Å². The van der Waals surface area contributed by atoms with Crippen molar-refractivity contribution in [3.8, 4) is 11.8 Å². The molecule has 1 heterocycles. The molecule has 2 amide bonds. The number of hydrogen-bond acceptors (Lipinski definition) is 2. The second-order valence-electron chi connectivity index (χ2n) is 3.41. The van der Waals surface area contributed by atoms with Gasteiger partial charge in [0.1, 0.15) is 0 Å². The molecule has 4 heteroatoms. The molecule has 3 nitrogen and oxygen atoms in total. The first kappa shape index (κ1) is 12.6. The highest BCUT2D eigenvalue weighted by Gasteiger charge is 2.07. The molecule has 0 aliphatic heterocycles. The molecule has 0 radical (unpaired) electrons. The Morgan fingerprint density at radius 1 is 1.56 bits per heavy atom. The van der Waals surface area contributed by atoms with E-state index < -0.39 is 0 Å². The largest absolute Gasteiger partial charge is 0.338 e. The zero-order valence-electron chi connectivity index (χ0n) is 9.54. The molecule has 1 aromatic rings. The van der Waals surface area contributed by atoms with E-state index in [1.165, 1.54) is 4.88 Å². The van der Waals surface area contributed by atoms with Crippen molar-refractivity contribution in [2.45, 2.75) is 19.8 Å². The fourth-order valence-corrected chi connectivity index (χ4v) is 1.98. The number of carbonyl (C=O) groups excluding carboxylic acids is 1. The van der Waals surface area contributed by atoms with Crippen molar-refractivity contribution in [1.29, 1.82) is 0 Å². The van der Waals surface area contributed by atoms with Crippen LogP contribution in [0, 0.1) is 11.8 Å². The van der Waals surface area contributed by atoms with E-state index in [1.54, 1.807) is 18.3 Å². The standard InChI is InChI=1S/C12H16N2OS/c1-3-4-7-13-12(15)14-9-10(2)11-6-5-8-16-11/h5-6,8,10H,7,9H2,1-2H3,(H2,13,14,15)/t10-/m1/s1. The quantitative estimate of drug-likeness (QED) is 0.773. The molecule has 1 aromatic heterocycles. The first-order valence-corrected chi connectivity index (χ1v) is 6.06. The summed E-state index contributed by atoms with van der Waals surface area (Å²) in [5.41, 5.74) is 0. The predicted octanol–water partition coefficient (Wildman–Crippen LogP) is 2.17. The number of amides is 2. The lowest BCUT2D eigenvalue weighted by Gasteiger charge is -2.10. The highest BCUT2D eigenvalue weighted by atomic mass is 32.1. The molecule has 0 unspecified atom stereocenters. The molecule has 1 atom stereocenters. The monoisotopic (exact) mass is 236 g/mol. The lowest BCUT2D eigenvalue weighted by atomic mass is 10.1. The molecule has 86 valence electrons. The summed E-state index contributed by atoms with van der Waals surface area (Å²) in [5.74, 6) is 5.84. The van der Waals surface area contributed by atoms with Crippen LogP contribution in [0.1, 0.15) is 24.6 Å². The molecule has 0 spiro atoms. The summed E-state index contributed by atoms with van der Waals surface area (Å²) in [6.07, 6.45) is 0. The average Bonchev–Trinajstić information content (AvgIpc) is 2.79.